The van der Waals surface area contributed by atoms with Crippen molar-refractivity contribution in [1.29, 1.82) is 0 Å². The Bertz CT molecular complexity index is 1390. The van der Waals surface area contributed by atoms with E-state index in [1.807, 2.05) is 61.8 Å². The molecule has 8 heteroatoms. The number of anilines is 1. The molecule has 32 heavy (non-hydrogen) atoms. The predicted octanol–water partition coefficient (Wildman–Crippen LogP) is 3.69. The Balaban J connectivity index is 1.48. The highest BCUT2D eigenvalue weighted by Gasteiger charge is 2.14. The third-order valence-electron chi connectivity index (χ3n) is 5.04. The maximum absolute atomic E-state index is 12.8. The van der Waals surface area contributed by atoms with E-state index in [0.29, 0.717) is 13.1 Å². The maximum atomic E-state index is 12.8. The number of carbonyl (C=O) groups is 1. The number of hydrogen-bond donors (Lipinski definition) is 2. The average Bonchev–Trinajstić information content (AvgIpc) is 3.15. The predicted molar refractivity (Wildman–Crippen MR) is 126 cm³/mol. The number of amides is 1. The fourth-order valence-electron chi connectivity index (χ4n) is 3.58. The standard InChI is InChI=1S/C24H24N4O3S/c1-17-10-11-21(27-32(2,30)31)20(12-17)24(29)25-14-18-6-5-7-19(13-18)15-28-16-26-22-8-3-4-9-23(22)28/h3-13,16,27H,14-15H2,1-2H3,(H,25,29). The molecule has 1 amide bonds. The van der Waals surface area contributed by atoms with E-state index in [2.05, 4.69) is 19.6 Å². The number of carbonyl (C=O) groups excluding carboxylic acids is 1. The van der Waals surface area contributed by atoms with Crippen LogP contribution in [0.4, 0.5) is 5.69 Å². The summed E-state index contributed by atoms with van der Waals surface area (Å²) < 4.78 is 27.8. The molecule has 0 fully saturated rings. The summed E-state index contributed by atoms with van der Waals surface area (Å²) in [4.78, 5) is 17.2. The lowest BCUT2D eigenvalue weighted by Gasteiger charge is -2.13. The van der Waals surface area contributed by atoms with Crippen LogP contribution >= 0.6 is 0 Å². The molecule has 0 spiro atoms. The van der Waals surface area contributed by atoms with Crippen LogP contribution in [0.1, 0.15) is 27.0 Å². The lowest BCUT2D eigenvalue weighted by Crippen LogP contribution is -2.25. The van der Waals surface area contributed by atoms with E-state index < -0.39 is 10.0 Å². The van der Waals surface area contributed by atoms with E-state index in [1.165, 1.54) is 0 Å². The number of para-hydroxylation sites is 2. The number of benzene rings is 3. The molecule has 0 radical (unpaired) electrons. The molecule has 0 unspecified atom stereocenters. The normalized spacial score (nSPS) is 11.4. The molecule has 7 nitrogen and oxygen atoms in total. The van der Waals surface area contributed by atoms with Gasteiger partial charge in [0.2, 0.25) is 10.0 Å². The number of nitrogens with zero attached hydrogens (tertiary/aromatic N) is 2. The zero-order chi connectivity index (χ0) is 22.7. The van der Waals surface area contributed by atoms with Crippen molar-refractivity contribution in [3.63, 3.8) is 0 Å². The summed E-state index contributed by atoms with van der Waals surface area (Å²) in [6.07, 6.45) is 2.89. The van der Waals surface area contributed by atoms with Gasteiger partial charge in [0.25, 0.3) is 5.91 Å². The second kappa shape index (κ2) is 8.84. The molecule has 4 rings (SSSR count). The molecule has 0 aliphatic heterocycles. The zero-order valence-corrected chi connectivity index (χ0v) is 18.7. The summed E-state index contributed by atoms with van der Waals surface area (Å²) in [7, 11) is -3.50. The van der Waals surface area contributed by atoms with Gasteiger partial charge in [0.05, 0.1) is 34.9 Å². The van der Waals surface area contributed by atoms with Crippen LogP contribution in [0.15, 0.2) is 73.1 Å². The summed E-state index contributed by atoms with van der Waals surface area (Å²) in [6.45, 7) is 2.84. The van der Waals surface area contributed by atoms with Crippen molar-refractivity contribution < 1.29 is 13.2 Å². The van der Waals surface area contributed by atoms with Crippen molar-refractivity contribution in [2.45, 2.75) is 20.0 Å². The molecule has 2 N–H and O–H groups in total. The Morgan fingerprint density at radius 3 is 2.59 bits per heavy atom. The van der Waals surface area contributed by atoms with Crippen molar-refractivity contribution in [2.24, 2.45) is 0 Å². The molecule has 0 saturated carbocycles. The van der Waals surface area contributed by atoms with Crippen LogP contribution in [-0.4, -0.2) is 30.1 Å². The molecule has 1 aromatic heterocycles. The molecule has 1 heterocycles. The quantitative estimate of drug-likeness (QED) is 0.451. The van der Waals surface area contributed by atoms with Gasteiger partial charge in [0.1, 0.15) is 0 Å². The first-order valence-electron chi connectivity index (χ1n) is 10.1. The fourth-order valence-corrected chi connectivity index (χ4v) is 4.16. The van der Waals surface area contributed by atoms with E-state index in [9.17, 15) is 13.2 Å². The van der Waals surface area contributed by atoms with Gasteiger partial charge in [0.15, 0.2) is 0 Å². The SMILES string of the molecule is Cc1ccc(NS(C)(=O)=O)c(C(=O)NCc2cccc(Cn3cnc4ccccc43)c2)c1. The molecule has 4 aromatic rings. The van der Waals surface area contributed by atoms with Gasteiger partial charge in [-0.3, -0.25) is 9.52 Å². The van der Waals surface area contributed by atoms with Crippen molar-refractivity contribution in [2.75, 3.05) is 11.0 Å². The summed E-state index contributed by atoms with van der Waals surface area (Å²) in [6, 6.07) is 21.0. The van der Waals surface area contributed by atoms with Gasteiger partial charge in [0, 0.05) is 13.1 Å². The zero-order valence-electron chi connectivity index (χ0n) is 17.9. The number of sulfonamides is 1. The molecule has 0 aliphatic carbocycles. The molecule has 0 aliphatic rings. The van der Waals surface area contributed by atoms with Crippen molar-refractivity contribution in [3.8, 4) is 0 Å². The van der Waals surface area contributed by atoms with Crippen molar-refractivity contribution in [1.82, 2.24) is 14.9 Å². The maximum Gasteiger partial charge on any atom is 0.253 e. The summed E-state index contributed by atoms with van der Waals surface area (Å²) in [5.41, 5.74) is 5.47. The van der Waals surface area contributed by atoms with E-state index in [-0.39, 0.29) is 17.2 Å². The fraction of sp³-hybridized carbons (Fsp3) is 0.167. The first-order chi connectivity index (χ1) is 15.3. The molecular formula is C24H24N4O3S. The average molecular weight is 449 g/mol. The van der Waals surface area contributed by atoms with Crippen LogP contribution in [0.25, 0.3) is 11.0 Å². The van der Waals surface area contributed by atoms with Gasteiger partial charge in [-0.25, -0.2) is 13.4 Å². The van der Waals surface area contributed by atoms with Crippen LogP contribution in [0.5, 0.6) is 0 Å². The smallest absolute Gasteiger partial charge is 0.253 e. The highest BCUT2D eigenvalue weighted by atomic mass is 32.2. The number of imidazole rings is 1. The number of rotatable bonds is 7. The number of nitrogens with one attached hydrogen (secondary N) is 2. The minimum atomic E-state index is -3.50. The van der Waals surface area contributed by atoms with E-state index in [0.717, 1.165) is 34.0 Å². The number of fused-ring (bicyclic) bond motifs is 1. The van der Waals surface area contributed by atoms with Gasteiger partial charge in [-0.1, -0.05) is 48.0 Å². The lowest BCUT2D eigenvalue weighted by molar-refractivity contribution is 0.0951. The first kappa shape index (κ1) is 21.6. The Kier molecular flexibility index (Phi) is 5.96. The van der Waals surface area contributed by atoms with E-state index in [1.54, 1.807) is 18.2 Å². The lowest BCUT2D eigenvalue weighted by atomic mass is 10.1. The van der Waals surface area contributed by atoms with Crippen LogP contribution in [0.3, 0.4) is 0 Å². The number of hydrogen-bond acceptors (Lipinski definition) is 4. The monoisotopic (exact) mass is 448 g/mol. The highest BCUT2D eigenvalue weighted by molar-refractivity contribution is 7.92. The van der Waals surface area contributed by atoms with E-state index >= 15 is 0 Å². The van der Waals surface area contributed by atoms with Crippen molar-refractivity contribution >= 4 is 32.7 Å². The Morgan fingerprint density at radius 2 is 1.78 bits per heavy atom. The van der Waals surface area contributed by atoms with Crippen molar-refractivity contribution in [3.05, 3.63) is 95.3 Å². The number of aryl methyl sites for hydroxylation is 1. The van der Waals surface area contributed by atoms with Gasteiger partial charge in [-0.15, -0.1) is 0 Å². The molecular weight excluding hydrogens is 424 g/mol. The molecule has 0 saturated heterocycles. The van der Waals surface area contributed by atoms with Gasteiger partial charge < -0.3 is 9.88 Å². The molecule has 164 valence electrons. The van der Waals surface area contributed by atoms with Crippen LogP contribution in [0.2, 0.25) is 0 Å². The highest BCUT2D eigenvalue weighted by Crippen LogP contribution is 2.19. The van der Waals surface area contributed by atoms with Crippen LogP contribution in [-0.2, 0) is 23.1 Å². The minimum Gasteiger partial charge on any atom is -0.348 e. The Labute approximate surface area is 187 Å². The third-order valence-corrected chi connectivity index (χ3v) is 5.63. The Hall–Kier alpha value is -3.65. The Morgan fingerprint density at radius 1 is 1.00 bits per heavy atom. The summed E-state index contributed by atoms with van der Waals surface area (Å²) in [5, 5.41) is 2.89. The second-order valence-electron chi connectivity index (χ2n) is 7.79. The van der Waals surface area contributed by atoms with Gasteiger partial charge in [-0.2, -0.15) is 0 Å². The topological polar surface area (TPSA) is 93.1 Å². The summed E-state index contributed by atoms with van der Waals surface area (Å²) in [5.74, 6) is -0.342. The minimum absolute atomic E-state index is 0.260. The molecule has 0 atom stereocenters. The largest absolute Gasteiger partial charge is 0.348 e. The summed E-state index contributed by atoms with van der Waals surface area (Å²) >= 11 is 0. The second-order valence-corrected chi connectivity index (χ2v) is 9.54. The first-order valence-corrected chi connectivity index (χ1v) is 12.0. The third kappa shape index (κ3) is 5.15. The van der Waals surface area contributed by atoms with Gasteiger partial charge >= 0.3 is 0 Å². The van der Waals surface area contributed by atoms with Crippen LogP contribution in [0, 0.1) is 6.92 Å². The molecule has 0 bridgehead atoms. The number of aromatic nitrogens is 2. The van der Waals surface area contributed by atoms with Gasteiger partial charge in [-0.05, 0) is 42.3 Å². The van der Waals surface area contributed by atoms with E-state index in [4.69, 9.17) is 0 Å². The van der Waals surface area contributed by atoms with Crippen LogP contribution < -0.4 is 10.0 Å². The molecule has 3 aromatic carbocycles.